The third-order valence-corrected chi connectivity index (χ3v) is 7.75. The van der Waals surface area contributed by atoms with Crippen molar-refractivity contribution in [1.82, 2.24) is 4.90 Å². The van der Waals surface area contributed by atoms with Gasteiger partial charge in [0, 0.05) is 17.1 Å². The molecule has 35 heavy (non-hydrogen) atoms. The quantitative estimate of drug-likeness (QED) is 0.397. The monoisotopic (exact) mass is 484 g/mol. The largest absolute Gasteiger partial charge is 0.510 e. The maximum atomic E-state index is 13.8. The number of carbonyl (C=O) groups excluding carboxylic acids is 3. The summed E-state index contributed by atoms with van der Waals surface area (Å²) in [6, 6.07) is 0.855. The Morgan fingerprint density at radius 2 is 1.77 bits per heavy atom. The molecule has 3 aliphatic rings. The van der Waals surface area contributed by atoms with E-state index < -0.39 is 63.5 Å². The molecule has 9 heteroatoms. The van der Waals surface area contributed by atoms with Gasteiger partial charge in [-0.3, -0.25) is 19.3 Å². The molecule has 0 aliphatic heterocycles. The van der Waals surface area contributed by atoms with E-state index in [1.54, 1.807) is 14.1 Å². The molecule has 4 atom stereocenters. The number of nitrogens with two attached hydrogens (primary N) is 1. The molecule has 0 saturated carbocycles. The summed E-state index contributed by atoms with van der Waals surface area (Å²) in [5.74, 6) is -6.37. The van der Waals surface area contributed by atoms with Gasteiger partial charge >= 0.3 is 0 Å². The summed E-state index contributed by atoms with van der Waals surface area (Å²) >= 11 is 0. The van der Waals surface area contributed by atoms with Gasteiger partial charge in [0.2, 0.25) is 5.78 Å². The number of hydrogen-bond donors (Lipinski definition) is 5. The molecule has 1 aromatic carbocycles. The van der Waals surface area contributed by atoms with Gasteiger partial charge in [-0.1, -0.05) is 26.8 Å². The highest BCUT2D eigenvalue weighted by molar-refractivity contribution is 6.24. The third kappa shape index (κ3) is 3.25. The SMILES string of the molecule is Cc1cc(C(C)(C)C)c(O)c2c1CC1CC3C(N(C)C)C(O)=C(C(N)=O)C(=O)C3(O)C(O)=C1C2=O. The zero-order chi connectivity index (χ0) is 26.4. The van der Waals surface area contributed by atoms with Crippen LogP contribution in [0, 0.1) is 18.8 Å². The molecule has 6 N–H and O–H groups in total. The summed E-state index contributed by atoms with van der Waals surface area (Å²) in [4.78, 5) is 40.7. The van der Waals surface area contributed by atoms with E-state index in [2.05, 4.69) is 0 Å². The first-order valence-corrected chi connectivity index (χ1v) is 11.6. The van der Waals surface area contributed by atoms with Gasteiger partial charge < -0.3 is 26.2 Å². The first kappa shape index (κ1) is 24.9. The van der Waals surface area contributed by atoms with Crippen LogP contribution in [0.25, 0.3) is 0 Å². The third-order valence-electron chi connectivity index (χ3n) is 7.75. The summed E-state index contributed by atoms with van der Waals surface area (Å²) in [5.41, 5.74) is 3.38. The second kappa shape index (κ2) is 7.66. The molecule has 1 aromatic rings. The van der Waals surface area contributed by atoms with E-state index in [4.69, 9.17) is 5.73 Å². The number of primary amides is 1. The minimum absolute atomic E-state index is 0.0516. The summed E-state index contributed by atoms with van der Waals surface area (Å²) in [5, 5.41) is 44.8. The van der Waals surface area contributed by atoms with Crippen molar-refractivity contribution in [3.63, 3.8) is 0 Å². The Kier molecular flexibility index (Phi) is 5.46. The van der Waals surface area contributed by atoms with Crippen LogP contribution in [0.5, 0.6) is 5.75 Å². The number of hydrogen-bond acceptors (Lipinski definition) is 8. The Hall–Kier alpha value is -3.17. The van der Waals surface area contributed by atoms with Crippen LogP contribution in [0.3, 0.4) is 0 Å². The Morgan fingerprint density at radius 1 is 1.17 bits per heavy atom. The number of aliphatic hydroxyl groups excluding tert-OH is 2. The summed E-state index contributed by atoms with van der Waals surface area (Å²) < 4.78 is 0. The highest BCUT2D eigenvalue weighted by Crippen LogP contribution is 2.53. The number of likely N-dealkylation sites (N-methyl/N-ethyl adjacent to an activating group) is 1. The van der Waals surface area contributed by atoms with Crippen molar-refractivity contribution >= 4 is 17.5 Å². The average molecular weight is 485 g/mol. The number of aromatic hydroxyl groups is 1. The lowest BCUT2D eigenvalue weighted by Crippen LogP contribution is -2.63. The maximum Gasteiger partial charge on any atom is 0.255 e. The molecule has 1 amide bonds. The highest BCUT2D eigenvalue weighted by atomic mass is 16.3. The van der Waals surface area contributed by atoms with Crippen molar-refractivity contribution in [3.8, 4) is 5.75 Å². The van der Waals surface area contributed by atoms with Gasteiger partial charge in [-0.2, -0.15) is 0 Å². The second-order valence-electron chi connectivity index (χ2n) is 11.2. The molecule has 0 radical (unpaired) electrons. The molecule has 4 unspecified atom stereocenters. The lowest BCUT2D eigenvalue weighted by atomic mass is 9.58. The van der Waals surface area contributed by atoms with Crippen LogP contribution >= 0.6 is 0 Å². The number of phenols is 1. The van der Waals surface area contributed by atoms with Crippen molar-refractivity contribution in [2.75, 3.05) is 14.1 Å². The van der Waals surface area contributed by atoms with Crippen molar-refractivity contribution in [3.05, 3.63) is 51.0 Å². The molecular formula is C26H32N2O7. The van der Waals surface area contributed by atoms with Gasteiger partial charge in [-0.25, -0.2) is 0 Å². The van der Waals surface area contributed by atoms with Gasteiger partial charge in [0.25, 0.3) is 5.91 Å². The average Bonchev–Trinajstić information content (AvgIpc) is 2.71. The molecule has 0 aromatic heterocycles. The number of amides is 1. The first-order valence-electron chi connectivity index (χ1n) is 11.6. The summed E-state index contributed by atoms with van der Waals surface area (Å²) in [7, 11) is 3.20. The van der Waals surface area contributed by atoms with Crippen LogP contribution in [0.4, 0.5) is 0 Å². The number of Topliss-reactive ketones (excluding diaryl/α,β-unsaturated/α-hetero) is 2. The van der Waals surface area contributed by atoms with E-state index in [1.165, 1.54) is 4.90 Å². The van der Waals surface area contributed by atoms with Gasteiger partial charge in [-0.15, -0.1) is 0 Å². The maximum absolute atomic E-state index is 13.8. The number of carbonyl (C=O) groups is 3. The van der Waals surface area contributed by atoms with Crippen LogP contribution in [0.1, 0.15) is 54.2 Å². The Labute approximate surface area is 203 Å². The molecule has 4 rings (SSSR count). The summed E-state index contributed by atoms with van der Waals surface area (Å²) in [6.07, 6.45) is 0.366. The van der Waals surface area contributed by atoms with E-state index in [9.17, 15) is 34.8 Å². The van der Waals surface area contributed by atoms with Crippen LogP contribution in [0.2, 0.25) is 0 Å². The topological polar surface area (TPSA) is 161 Å². The van der Waals surface area contributed by atoms with E-state index >= 15 is 0 Å². The normalized spacial score (nSPS) is 28.7. The van der Waals surface area contributed by atoms with Crippen LogP contribution in [0.15, 0.2) is 28.7 Å². The predicted octanol–water partition coefficient (Wildman–Crippen LogP) is 1.73. The van der Waals surface area contributed by atoms with Gasteiger partial charge in [-0.05, 0) is 56.3 Å². The molecule has 0 heterocycles. The molecule has 0 saturated heterocycles. The van der Waals surface area contributed by atoms with Crippen LogP contribution in [-0.4, -0.2) is 68.5 Å². The van der Waals surface area contributed by atoms with E-state index in [1.807, 2.05) is 33.8 Å². The van der Waals surface area contributed by atoms with Crippen LogP contribution in [-0.2, 0) is 21.4 Å². The molecular weight excluding hydrogens is 452 g/mol. The smallest absolute Gasteiger partial charge is 0.255 e. The molecule has 188 valence electrons. The molecule has 0 fully saturated rings. The number of benzene rings is 1. The Bertz CT molecular complexity index is 1250. The zero-order valence-electron chi connectivity index (χ0n) is 20.8. The van der Waals surface area contributed by atoms with Gasteiger partial charge in [0.1, 0.15) is 22.8 Å². The highest BCUT2D eigenvalue weighted by Gasteiger charge is 2.63. The molecule has 0 bridgehead atoms. The van der Waals surface area contributed by atoms with Crippen molar-refractivity contribution in [2.45, 2.75) is 57.6 Å². The van der Waals surface area contributed by atoms with E-state index in [0.717, 1.165) is 5.56 Å². The number of allylic oxidation sites excluding steroid dienone is 1. The summed E-state index contributed by atoms with van der Waals surface area (Å²) in [6.45, 7) is 7.57. The number of aliphatic hydroxyl groups is 3. The zero-order valence-corrected chi connectivity index (χ0v) is 20.8. The number of phenolic OH excluding ortho intramolecular Hbond substituents is 1. The predicted molar refractivity (Wildman–Crippen MR) is 127 cm³/mol. The fourth-order valence-corrected chi connectivity index (χ4v) is 6.08. The van der Waals surface area contributed by atoms with Crippen molar-refractivity contribution in [2.24, 2.45) is 17.6 Å². The molecule has 3 aliphatic carbocycles. The number of aryl methyl sites for hydroxylation is 1. The lowest BCUT2D eigenvalue weighted by molar-refractivity contribution is -0.148. The number of rotatable bonds is 2. The number of nitrogens with zero attached hydrogens (tertiary/aromatic N) is 1. The van der Waals surface area contributed by atoms with E-state index in [0.29, 0.717) is 17.5 Å². The minimum Gasteiger partial charge on any atom is -0.510 e. The Balaban J connectivity index is 1.99. The lowest BCUT2D eigenvalue weighted by Gasteiger charge is -2.50. The fraction of sp³-hybridized carbons (Fsp3) is 0.500. The number of ketones is 2. The standard InChI is InChI=1S/C26H32N2O7/c1-10-7-14(25(2,3)4)19(29)16-12(10)8-11-9-13-18(28(5)6)21(31)17(24(27)34)23(33)26(13,35)22(32)15(11)20(16)30/h7,11,13,18,29,31-32,35H,8-9H2,1-6H3,(H2,27,34). The van der Waals surface area contributed by atoms with Crippen molar-refractivity contribution < 1.29 is 34.8 Å². The minimum atomic E-state index is -2.63. The van der Waals surface area contributed by atoms with Crippen LogP contribution < -0.4 is 5.73 Å². The fourth-order valence-electron chi connectivity index (χ4n) is 6.08. The molecule has 0 spiro atoms. The van der Waals surface area contributed by atoms with Gasteiger partial charge in [0.15, 0.2) is 11.4 Å². The van der Waals surface area contributed by atoms with Crippen molar-refractivity contribution in [1.29, 1.82) is 0 Å². The van der Waals surface area contributed by atoms with E-state index in [-0.39, 0.29) is 23.3 Å². The second-order valence-corrected chi connectivity index (χ2v) is 11.2. The Morgan fingerprint density at radius 3 is 2.29 bits per heavy atom. The first-order chi connectivity index (χ1) is 16.0. The number of fused-ring (bicyclic) bond motifs is 3. The molecule has 9 nitrogen and oxygen atoms in total. The van der Waals surface area contributed by atoms with Gasteiger partial charge in [0.05, 0.1) is 11.6 Å².